The normalized spacial score (nSPS) is 17.0. The average Bonchev–Trinajstić information content (AvgIpc) is 3.46. The van der Waals surface area contributed by atoms with E-state index in [1.807, 2.05) is 0 Å². The molecule has 3 aliphatic rings. The van der Waals surface area contributed by atoms with Crippen molar-refractivity contribution in [1.29, 1.82) is 0 Å². The van der Waals surface area contributed by atoms with Gasteiger partial charge in [-0.25, -0.2) is 21.6 Å². The Morgan fingerprint density at radius 1 is 0.683 bits per heavy atom. The van der Waals surface area contributed by atoms with Crippen LogP contribution in [0.3, 0.4) is 0 Å². The predicted molar refractivity (Wildman–Crippen MR) is 133 cm³/mol. The first-order valence-electron chi connectivity index (χ1n) is 11.8. The number of hydroxylamine groups is 2. The van der Waals surface area contributed by atoms with Crippen LogP contribution in [0.15, 0.2) is 24.3 Å². The molecule has 0 radical (unpaired) electrons. The molecular formula is C22H25N3O14S2. The van der Waals surface area contributed by atoms with Crippen molar-refractivity contribution in [3.63, 3.8) is 0 Å². The molecule has 41 heavy (non-hydrogen) atoms. The van der Waals surface area contributed by atoms with Crippen LogP contribution < -0.4 is 0 Å². The fourth-order valence-electron chi connectivity index (χ4n) is 3.49. The third-order valence-corrected chi connectivity index (χ3v) is 8.54. The zero-order valence-electron chi connectivity index (χ0n) is 21.3. The number of aliphatic carboxylic acids is 1. The molecule has 0 spiro atoms. The van der Waals surface area contributed by atoms with Gasteiger partial charge in [0.15, 0.2) is 25.4 Å². The molecule has 3 heterocycles. The molecule has 3 rings (SSSR count). The lowest BCUT2D eigenvalue weighted by molar-refractivity contribution is -0.195. The minimum Gasteiger partial charge on any atom is -0.480 e. The summed E-state index contributed by atoms with van der Waals surface area (Å²) in [4.78, 5) is 95.4. The van der Waals surface area contributed by atoms with E-state index in [0.717, 1.165) is 34.1 Å². The van der Waals surface area contributed by atoms with Gasteiger partial charge >= 0.3 is 11.9 Å². The smallest absolute Gasteiger partial charge is 0.348 e. The molecule has 0 aliphatic carbocycles. The van der Waals surface area contributed by atoms with Gasteiger partial charge in [-0.15, -0.1) is 5.06 Å². The molecule has 224 valence electrons. The Kier molecular flexibility index (Phi) is 11.2. The van der Waals surface area contributed by atoms with E-state index in [1.54, 1.807) is 0 Å². The number of carboxylic acid groups (broad SMARTS) is 1. The Balaban J connectivity index is 0.000000305. The highest BCUT2D eigenvalue weighted by Crippen LogP contribution is 2.13. The SMILES string of the molecule is O=C(CS(=O)(=O)CCCN1C(=O)C=CC1=O)ON1C(=O)CCC1=O.O=C(O)CS(=O)(=O)CCCN1C(=O)C=CC1=O. The molecule has 6 amide bonds. The van der Waals surface area contributed by atoms with Gasteiger partial charge in [0.2, 0.25) is 0 Å². The second kappa shape index (κ2) is 13.9. The van der Waals surface area contributed by atoms with Gasteiger partial charge < -0.3 is 9.94 Å². The first-order chi connectivity index (χ1) is 19.0. The van der Waals surface area contributed by atoms with Crippen LogP contribution in [0, 0.1) is 0 Å². The van der Waals surface area contributed by atoms with E-state index in [1.165, 1.54) is 0 Å². The van der Waals surface area contributed by atoms with Crippen LogP contribution in [0.1, 0.15) is 25.7 Å². The summed E-state index contributed by atoms with van der Waals surface area (Å²) in [6.45, 7) is -0.119. The maximum Gasteiger partial charge on any atom is 0.348 e. The van der Waals surface area contributed by atoms with Crippen molar-refractivity contribution in [3.05, 3.63) is 24.3 Å². The van der Waals surface area contributed by atoms with Crippen LogP contribution >= 0.6 is 0 Å². The molecule has 19 heteroatoms. The summed E-state index contributed by atoms with van der Waals surface area (Å²) in [6.07, 6.45) is 4.18. The highest BCUT2D eigenvalue weighted by Gasteiger charge is 2.34. The van der Waals surface area contributed by atoms with Crippen molar-refractivity contribution in [1.82, 2.24) is 14.9 Å². The van der Waals surface area contributed by atoms with Crippen molar-refractivity contribution < 1.29 is 65.1 Å². The Morgan fingerprint density at radius 3 is 1.41 bits per heavy atom. The summed E-state index contributed by atoms with van der Waals surface area (Å²) in [5.74, 6) is -8.85. The highest BCUT2D eigenvalue weighted by molar-refractivity contribution is 7.92. The molecule has 0 aromatic heterocycles. The molecule has 0 aromatic rings. The van der Waals surface area contributed by atoms with E-state index < -0.39 is 84.3 Å². The van der Waals surface area contributed by atoms with E-state index in [4.69, 9.17) is 5.11 Å². The summed E-state index contributed by atoms with van der Waals surface area (Å²) in [5, 5.41) is 8.61. The number of amides is 6. The molecule has 0 aromatic carbocycles. The number of carbonyl (C=O) groups is 8. The van der Waals surface area contributed by atoms with Gasteiger partial charge in [0.1, 0.15) is 5.75 Å². The fourth-order valence-corrected chi connectivity index (χ4v) is 5.70. The Labute approximate surface area is 233 Å². The van der Waals surface area contributed by atoms with Crippen LogP contribution in [0.4, 0.5) is 0 Å². The number of hydrogen-bond acceptors (Lipinski definition) is 13. The van der Waals surface area contributed by atoms with Crippen molar-refractivity contribution in [3.8, 4) is 0 Å². The third-order valence-electron chi connectivity index (χ3n) is 5.36. The van der Waals surface area contributed by atoms with Crippen LogP contribution in [0.2, 0.25) is 0 Å². The van der Waals surface area contributed by atoms with Gasteiger partial charge in [-0.3, -0.25) is 43.4 Å². The number of rotatable bonds is 13. The van der Waals surface area contributed by atoms with Gasteiger partial charge in [-0.2, -0.15) is 0 Å². The molecule has 1 saturated heterocycles. The number of carbonyl (C=O) groups excluding carboxylic acids is 7. The second-order valence-electron chi connectivity index (χ2n) is 8.65. The molecule has 1 fully saturated rings. The highest BCUT2D eigenvalue weighted by atomic mass is 32.2. The van der Waals surface area contributed by atoms with Crippen molar-refractivity contribution in [2.24, 2.45) is 0 Å². The lowest BCUT2D eigenvalue weighted by Crippen LogP contribution is -2.35. The van der Waals surface area contributed by atoms with Crippen molar-refractivity contribution in [2.75, 3.05) is 36.1 Å². The van der Waals surface area contributed by atoms with Crippen molar-refractivity contribution in [2.45, 2.75) is 25.7 Å². The number of hydrogen-bond donors (Lipinski definition) is 1. The number of sulfone groups is 2. The van der Waals surface area contributed by atoms with Gasteiger partial charge in [0, 0.05) is 50.2 Å². The van der Waals surface area contributed by atoms with Crippen LogP contribution in [-0.4, -0.2) is 120 Å². The quantitative estimate of drug-likeness (QED) is 0.204. The molecule has 17 nitrogen and oxygen atoms in total. The summed E-state index contributed by atoms with van der Waals surface area (Å²) in [6, 6.07) is 0. The average molecular weight is 620 g/mol. The first-order valence-corrected chi connectivity index (χ1v) is 15.4. The molecule has 0 bridgehead atoms. The lowest BCUT2D eigenvalue weighted by Gasteiger charge is -2.14. The Morgan fingerprint density at radius 2 is 1.05 bits per heavy atom. The second-order valence-corrected chi connectivity index (χ2v) is 13.0. The lowest BCUT2D eigenvalue weighted by atomic mass is 10.4. The fraction of sp³-hybridized carbons (Fsp3) is 0.455. The van der Waals surface area contributed by atoms with Gasteiger partial charge in [0.25, 0.3) is 35.4 Å². The summed E-state index contributed by atoms with van der Waals surface area (Å²) >= 11 is 0. The zero-order chi connectivity index (χ0) is 31.0. The maximum atomic E-state index is 11.8. The van der Waals surface area contributed by atoms with Gasteiger partial charge in [-0.1, -0.05) is 0 Å². The van der Waals surface area contributed by atoms with E-state index in [-0.39, 0.29) is 49.6 Å². The molecule has 0 saturated carbocycles. The number of carboxylic acids is 1. The molecule has 1 N–H and O–H groups in total. The van der Waals surface area contributed by atoms with E-state index in [9.17, 15) is 55.2 Å². The first kappa shape index (κ1) is 32.9. The minimum atomic E-state index is -3.88. The largest absolute Gasteiger partial charge is 0.480 e. The summed E-state index contributed by atoms with van der Waals surface area (Å²) in [7, 11) is -7.55. The monoisotopic (exact) mass is 619 g/mol. The van der Waals surface area contributed by atoms with E-state index in [2.05, 4.69) is 4.84 Å². The standard InChI is InChI=1S/C13H14N2O8S.C9H11NO6S/c16-9-2-3-10(17)14(9)6-1-7-24(21,22)8-13(20)23-15-11(18)4-5-12(15)19;11-7-2-3-8(12)10(7)4-1-5-17(15,16)6-9(13)14/h2-3H,1,4-8H2;2-3H,1,4-6H2,(H,13,14). The third kappa shape index (κ3) is 10.3. The minimum absolute atomic E-state index is 0.0243. The van der Waals surface area contributed by atoms with Gasteiger partial charge in [-0.05, 0) is 12.8 Å². The molecule has 0 unspecified atom stereocenters. The molecule has 0 atom stereocenters. The summed E-state index contributed by atoms with van der Waals surface area (Å²) < 4.78 is 46.0. The topological polar surface area (TPSA) is 244 Å². The maximum absolute atomic E-state index is 11.8. The predicted octanol–water partition coefficient (Wildman–Crippen LogP) is -2.88. The Hall–Kier alpha value is -4.26. The van der Waals surface area contributed by atoms with E-state index >= 15 is 0 Å². The van der Waals surface area contributed by atoms with E-state index in [0.29, 0.717) is 0 Å². The molecule has 3 aliphatic heterocycles. The van der Waals surface area contributed by atoms with Crippen LogP contribution in [0.5, 0.6) is 0 Å². The zero-order valence-corrected chi connectivity index (χ0v) is 22.9. The van der Waals surface area contributed by atoms with Crippen LogP contribution in [-0.2, 0) is 62.9 Å². The van der Waals surface area contributed by atoms with Gasteiger partial charge in [0.05, 0.1) is 11.5 Å². The Bertz CT molecular complexity index is 1380. The van der Waals surface area contributed by atoms with Crippen LogP contribution in [0.25, 0.3) is 0 Å². The molecular weight excluding hydrogens is 594 g/mol. The summed E-state index contributed by atoms with van der Waals surface area (Å²) in [5.41, 5.74) is 0. The number of nitrogens with zero attached hydrogens (tertiary/aromatic N) is 3. The number of imide groups is 3. The van der Waals surface area contributed by atoms with Crippen molar-refractivity contribution >= 4 is 67.1 Å².